The molecule has 4 atom stereocenters. The lowest BCUT2D eigenvalue weighted by atomic mass is 9.81. The number of hydrogen-bond acceptors (Lipinski definition) is 2. The topological polar surface area (TPSA) is 58.2 Å². The predicted molar refractivity (Wildman–Crippen MR) is 83.6 cm³/mol. The second-order valence-electron chi connectivity index (χ2n) is 6.29. The van der Waals surface area contributed by atoms with E-state index in [-0.39, 0.29) is 35.5 Å². The van der Waals surface area contributed by atoms with Gasteiger partial charge in [-0.3, -0.25) is 9.59 Å². The molecule has 2 bridgehead atoms. The van der Waals surface area contributed by atoms with Gasteiger partial charge in [0.15, 0.2) is 0 Å². The Kier molecular flexibility index (Phi) is 5.83. The van der Waals surface area contributed by atoms with Gasteiger partial charge in [0.2, 0.25) is 11.8 Å². The highest BCUT2D eigenvalue weighted by molar-refractivity contribution is 5.89. The Balaban J connectivity index is 1.95. The van der Waals surface area contributed by atoms with Crippen LogP contribution in [0.5, 0.6) is 0 Å². The molecule has 0 heterocycles. The van der Waals surface area contributed by atoms with Gasteiger partial charge in [-0.25, -0.2) is 0 Å². The maximum absolute atomic E-state index is 12.4. The van der Waals surface area contributed by atoms with Crippen molar-refractivity contribution in [1.29, 1.82) is 0 Å². The summed E-state index contributed by atoms with van der Waals surface area (Å²) >= 11 is 0. The Hall–Kier alpha value is -1.32. The van der Waals surface area contributed by atoms with Crippen molar-refractivity contribution >= 4 is 11.8 Å². The summed E-state index contributed by atoms with van der Waals surface area (Å²) in [5.74, 6) is 0.293. The maximum Gasteiger partial charge on any atom is 0.224 e. The zero-order valence-electron chi connectivity index (χ0n) is 13.2. The Labute approximate surface area is 127 Å². The van der Waals surface area contributed by atoms with Crippen molar-refractivity contribution < 1.29 is 9.59 Å². The first-order valence-corrected chi connectivity index (χ1v) is 8.42. The van der Waals surface area contributed by atoms with Crippen LogP contribution in [0, 0.1) is 23.7 Å². The molecule has 1 saturated carbocycles. The molecule has 0 saturated heterocycles. The van der Waals surface area contributed by atoms with Crippen molar-refractivity contribution in [2.24, 2.45) is 23.7 Å². The van der Waals surface area contributed by atoms with E-state index in [1.165, 1.54) is 0 Å². The number of hydrogen-bond donors (Lipinski definition) is 2. The van der Waals surface area contributed by atoms with Crippen molar-refractivity contribution in [2.75, 3.05) is 13.1 Å². The third kappa shape index (κ3) is 3.66. The fourth-order valence-electron chi connectivity index (χ4n) is 3.55. The van der Waals surface area contributed by atoms with Crippen LogP contribution in [-0.4, -0.2) is 24.9 Å². The van der Waals surface area contributed by atoms with E-state index in [0.717, 1.165) is 45.2 Å². The molecule has 0 spiro atoms. The van der Waals surface area contributed by atoms with E-state index in [4.69, 9.17) is 0 Å². The van der Waals surface area contributed by atoms with E-state index in [1.54, 1.807) is 0 Å². The molecule has 0 aromatic heterocycles. The summed E-state index contributed by atoms with van der Waals surface area (Å²) in [6, 6.07) is 0. The molecule has 0 aromatic carbocycles. The van der Waals surface area contributed by atoms with Gasteiger partial charge in [0.1, 0.15) is 0 Å². The van der Waals surface area contributed by atoms with Crippen LogP contribution in [0.15, 0.2) is 12.2 Å². The zero-order valence-corrected chi connectivity index (χ0v) is 13.2. The van der Waals surface area contributed by atoms with Gasteiger partial charge in [0.25, 0.3) is 0 Å². The van der Waals surface area contributed by atoms with E-state index >= 15 is 0 Å². The number of allylic oxidation sites excluding steroid dienone is 2. The highest BCUT2D eigenvalue weighted by Gasteiger charge is 2.51. The van der Waals surface area contributed by atoms with Crippen molar-refractivity contribution in [3.63, 3.8) is 0 Å². The second kappa shape index (κ2) is 7.62. The highest BCUT2D eigenvalue weighted by Crippen LogP contribution is 2.48. The molecule has 4 nitrogen and oxygen atoms in total. The van der Waals surface area contributed by atoms with Crippen molar-refractivity contribution in [3.05, 3.63) is 12.2 Å². The molecule has 0 unspecified atom stereocenters. The van der Waals surface area contributed by atoms with Gasteiger partial charge in [-0.05, 0) is 31.1 Å². The van der Waals surface area contributed by atoms with Crippen molar-refractivity contribution in [1.82, 2.24) is 10.6 Å². The number of fused-ring (bicyclic) bond motifs is 2. The molecule has 2 N–H and O–H groups in total. The fraction of sp³-hybridized carbons (Fsp3) is 0.765. The largest absolute Gasteiger partial charge is 0.356 e. The molecular formula is C17H28N2O2. The van der Waals surface area contributed by atoms with Gasteiger partial charge in [-0.15, -0.1) is 0 Å². The molecule has 2 amide bonds. The van der Waals surface area contributed by atoms with Crippen LogP contribution >= 0.6 is 0 Å². The summed E-state index contributed by atoms with van der Waals surface area (Å²) in [5.41, 5.74) is 0. The Morgan fingerprint density at radius 1 is 0.905 bits per heavy atom. The first kappa shape index (κ1) is 16.1. The fourth-order valence-corrected chi connectivity index (χ4v) is 3.55. The standard InChI is InChI=1S/C17H28N2O2/c1-3-5-9-18-16(20)14-12-7-8-13(11-12)15(14)17(21)19-10-6-4-2/h7-8,12-15H,3-6,9-11H2,1-2H3,(H,18,20)(H,19,21)/t12-,13+,14-,15-/m1/s1. The third-order valence-corrected chi connectivity index (χ3v) is 4.72. The SMILES string of the molecule is CCCCNC(=O)[C@H]1[C@H](C(=O)NCCCC)[C@H]2C=C[C@@H]1C2. The number of unbranched alkanes of at least 4 members (excludes halogenated alkanes) is 2. The smallest absolute Gasteiger partial charge is 0.224 e. The average molecular weight is 292 g/mol. The van der Waals surface area contributed by atoms with E-state index in [9.17, 15) is 9.59 Å². The van der Waals surface area contributed by atoms with Crippen LogP contribution in [0.3, 0.4) is 0 Å². The van der Waals surface area contributed by atoms with Crippen LogP contribution in [-0.2, 0) is 9.59 Å². The number of nitrogens with one attached hydrogen (secondary N) is 2. The molecule has 4 heteroatoms. The highest BCUT2D eigenvalue weighted by atomic mass is 16.2. The first-order valence-electron chi connectivity index (χ1n) is 8.42. The normalized spacial score (nSPS) is 29.6. The van der Waals surface area contributed by atoms with Gasteiger partial charge in [0, 0.05) is 13.1 Å². The van der Waals surface area contributed by atoms with Gasteiger partial charge < -0.3 is 10.6 Å². The molecule has 1 fully saturated rings. The second-order valence-corrected chi connectivity index (χ2v) is 6.29. The van der Waals surface area contributed by atoms with E-state index in [0.29, 0.717) is 0 Å². The van der Waals surface area contributed by atoms with E-state index in [1.807, 2.05) is 0 Å². The molecule has 0 aliphatic heterocycles. The van der Waals surface area contributed by atoms with Crippen LogP contribution in [0.4, 0.5) is 0 Å². The number of carbonyl (C=O) groups excluding carboxylic acids is 2. The van der Waals surface area contributed by atoms with Gasteiger partial charge in [-0.2, -0.15) is 0 Å². The third-order valence-electron chi connectivity index (χ3n) is 4.72. The number of carbonyl (C=O) groups is 2. The minimum Gasteiger partial charge on any atom is -0.356 e. The van der Waals surface area contributed by atoms with Crippen LogP contribution < -0.4 is 10.6 Å². The quantitative estimate of drug-likeness (QED) is 0.532. The lowest BCUT2D eigenvalue weighted by molar-refractivity contribution is -0.135. The van der Waals surface area contributed by atoms with E-state index in [2.05, 4.69) is 36.6 Å². The predicted octanol–water partition coefficient (Wildman–Crippen LogP) is 2.26. The Morgan fingerprint density at radius 3 is 1.71 bits per heavy atom. The molecule has 0 aromatic rings. The zero-order chi connectivity index (χ0) is 15.2. The monoisotopic (exact) mass is 292 g/mol. The van der Waals surface area contributed by atoms with Gasteiger partial charge in [-0.1, -0.05) is 38.8 Å². The molecular weight excluding hydrogens is 264 g/mol. The summed E-state index contributed by atoms with van der Waals surface area (Å²) in [5, 5.41) is 6.02. The molecule has 2 rings (SSSR count). The average Bonchev–Trinajstić information content (AvgIpc) is 3.08. The van der Waals surface area contributed by atoms with Crippen LogP contribution in [0.25, 0.3) is 0 Å². The molecule has 118 valence electrons. The maximum atomic E-state index is 12.4. The van der Waals surface area contributed by atoms with E-state index < -0.39 is 0 Å². The summed E-state index contributed by atoms with van der Waals surface area (Å²) in [6.07, 6.45) is 9.34. The Bertz CT molecular complexity index is 370. The minimum atomic E-state index is -0.168. The molecule has 0 radical (unpaired) electrons. The number of amides is 2. The molecule has 2 aliphatic rings. The summed E-state index contributed by atoms with van der Waals surface area (Å²) in [4.78, 5) is 24.9. The number of rotatable bonds is 8. The van der Waals surface area contributed by atoms with Gasteiger partial charge in [0.05, 0.1) is 11.8 Å². The van der Waals surface area contributed by atoms with Crippen molar-refractivity contribution in [2.45, 2.75) is 46.0 Å². The van der Waals surface area contributed by atoms with Gasteiger partial charge >= 0.3 is 0 Å². The molecule has 21 heavy (non-hydrogen) atoms. The summed E-state index contributed by atoms with van der Waals surface area (Å²) < 4.78 is 0. The first-order chi connectivity index (χ1) is 10.2. The van der Waals surface area contributed by atoms with Crippen LogP contribution in [0.2, 0.25) is 0 Å². The molecule has 2 aliphatic carbocycles. The lowest BCUT2D eigenvalue weighted by Crippen LogP contribution is -2.44. The lowest BCUT2D eigenvalue weighted by Gasteiger charge is -2.26. The van der Waals surface area contributed by atoms with Crippen LogP contribution in [0.1, 0.15) is 46.0 Å². The Morgan fingerprint density at radius 2 is 1.33 bits per heavy atom. The summed E-state index contributed by atoms with van der Waals surface area (Å²) in [7, 11) is 0. The minimum absolute atomic E-state index is 0.0657. The van der Waals surface area contributed by atoms with Crippen molar-refractivity contribution in [3.8, 4) is 0 Å². The summed E-state index contributed by atoms with van der Waals surface area (Å²) in [6.45, 7) is 5.65.